The summed E-state index contributed by atoms with van der Waals surface area (Å²) in [5.74, 6) is 0.203. The third-order valence-electron chi connectivity index (χ3n) is 5.00. The third-order valence-corrected chi connectivity index (χ3v) is 5.25. The molecular formula is C21H19ClO8. The molecule has 158 valence electrons. The fourth-order valence-corrected chi connectivity index (χ4v) is 3.44. The number of hydrogen-bond acceptors (Lipinski definition) is 8. The molecule has 0 unspecified atom stereocenters. The van der Waals surface area contributed by atoms with Gasteiger partial charge >= 0.3 is 0 Å². The highest BCUT2D eigenvalue weighted by atomic mass is 35.5. The number of halogens is 1. The molecule has 0 aliphatic carbocycles. The van der Waals surface area contributed by atoms with E-state index in [2.05, 4.69) is 0 Å². The van der Waals surface area contributed by atoms with Crippen molar-refractivity contribution in [2.45, 2.75) is 30.7 Å². The van der Waals surface area contributed by atoms with E-state index in [4.69, 9.17) is 25.5 Å². The maximum Gasteiger partial charge on any atom is 0.229 e. The summed E-state index contributed by atoms with van der Waals surface area (Å²) in [7, 11) is 0. The van der Waals surface area contributed by atoms with Crippen LogP contribution in [0.3, 0.4) is 0 Å². The zero-order chi connectivity index (χ0) is 21.4. The van der Waals surface area contributed by atoms with Gasteiger partial charge in [-0.25, -0.2) is 0 Å². The van der Waals surface area contributed by atoms with E-state index < -0.39 is 37.3 Å². The van der Waals surface area contributed by atoms with Crippen LogP contribution in [0.2, 0.25) is 5.02 Å². The van der Waals surface area contributed by atoms with Crippen molar-refractivity contribution in [2.75, 3.05) is 6.61 Å². The molecule has 1 saturated heterocycles. The number of ether oxygens (including phenoxy) is 2. The lowest BCUT2D eigenvalue weighted by atomic mass is 9.99. The molecule has 30 heavy (non-hydrogen) atoms. The van der Waals surface area contributed by atoms with Crippen molar-refractivity contribution >= 4 is 22.6 Å². The van der Waals surface area contributed by atoms with Crippen molar-refractivity contribution in [2.24, 2.45) is 0 Å². The molecule has 2 heterocycles. The molecule has 9 heteroatoms. The van der Waals surface area contributed by atoms with Crippen molar-refractivity contribution < 1.29 is 34.3 Å². The first-order chi connectivity index (χ1) is 14.4. The van der Waals surface area contributed by atoms with Crippen molar-refractivity contribution in [1.29, 1.82) is 0 Å². The van der Waals surface area contributed by atoms with Gasteiger partial charge in [-0.2, -0.15) is 0 Å². The summed E-state index contributed by atoms with van der Waals surface area (Å²) in [4.78, 5) is 12.8. The highest BCUT2D eigenvalue weighted by Crippen LogP contribution is 2.27. The predicted octanol–water partition coefficient (Wildman–Crippen LogP) is 1.29. The maximum atomic E-state index is 12.8. The van der Waals surface area contributed by atoms with E-state index in [1.54, 1.807) is 24.3 Å². The van der Waals surface area contributed by atoms with Crippen molar-refractivity contribution in [3.63, 3.8) is 0 Å². The second-order valence-corrected chi connectivity index (χ2v) is 7.39. The lowest BCUT2D eigenvalue weighted by Crippen LogP contribution is -2.60. The lowest BCUT2D eigenvalue weighted by Gasteiger charge is -2.39. The van der Waals surface area contributed by atoms with Gasteiger partial charge in [-0.3, -0.25) is 4.79 Å². The van der Waals surface area contributed by atoms with Crippen molar-refractivity contribution in [1.82, 2.24) is 0 Å². The smallest absolute Gasteiger partial charge is 0.229 e. The monoisotopic (exact) mass is 434 g/mol. The van der Waals surface area contributed by atoms with E-state index >= 15 is 0 Å². The van der Waals surface area contributed by atoms with Gasteiger partial charge in [-0.15, -0.1) is 0 Å². The Morgan fingerprint density at radius 2 is 1.73 bits per heavy atom. The van der Waals surface area contributed by atoms with E-state index in [9.17, 15) is 25.2 Å². The Labute approximate surface area is 175 Å². The number of benzene rings is 2. The van der Waals surface area contributed by atoms with Crippen LogP contribution in [0.1, 0.15) is 0 Å². The van der Waals surface area contributed by atoms with Gasteiger partial charge in [0.1, 0.15) is 42.0 Å². The average Bonchev–Trinajstić information content (AvgIpc) is 2.75. The van der Waals surface area contributed by atoms with Gasteiger partial charge in [-0.1, -0.05) is 23.7 Å². The molecule has 0 amide bonds. The van der Waals surface area contributed by atoms with Gasteiger partial charge in [0.2, 0.25) is 6.29 Å². The largest absolute Gasteiger partial charge is 0.463 e. The molecule has 1 aromatic heterocycles. The Kier molecular flexibility index (Phi) is 5.79. The molecule has 0 spiro atoms. The number of hydrogen-bond donors (Lipinski definition) is 4. The highest BCUT2D eigenvalue weighted by molar-refractivity contribution is 6.30. The Bertz CT molecular complexity index is 1090. The molecule has 0 saturated carbocycles. The second kappa shape index (κ2) is 8.35. The first kappa shape index (κ1) is 20.8. The van der Waals surface area contributed by atoms with E-state index in [0.29, 0.717) is 21.5 Å². The summed E-state index contributed by atoms with van der Waals surface area (Å²) in [5.41, 5.74) is 1.05. The normalized spacial score (nSPS) is 26.6. The number of aliphatic hydroxyl groups excluding tert-OH is 4. The maximum absolute atomic E-state index is 12.8. The minimum absolute atomic E-state index is 0.203. The van der Waals surface area contributed by atoms with Gasteiger partial charge in [0.15, 0.2) is 5.43 Å². The topological polar surface area (TPSA) is 130 Å². The molecule has 4 rings (SSSR count). The lowest BCUT2D eigenvalue weighted by molar-refractivity contribution is -0.277. The molecule has 2 aromatic carbocycles. The minimum Gasteiger partial charge on any atom is -0.463 e. The summed E-state index contributed by atoms with van der Waals surface area (Å²) in [5, 5.41) is 40.0. The van der Waals surface area contributed by atoms with Gasteiger partial charge < -0.3 is 34.3 Å². The van der Waals surface area contributed by atoms with Gasteiger partial charge in [0.05, 0.1) is 17.6 Å². The van der Waals surface area contributed by atoms with Crippen LogP contribution in [-0.4, -0.2) is 57.7 Å². The Hall–Kier alpha value is -2.46. The molecule has 0 radical (unpaired) electrons. The number of aliphatic hydroxyl groups is 4. The fraction of sp³-hybridized carbons (Fsp3) is 0.286. The minimum atomic E-state index is -1.55. The Morgan fingerprint density at radius 3 is 2.43 bits per heavy atom. The summed E-state index contributed by atoms with van der Waals surface area (Å²) in [6.07, 6.45) is -5.66. The molecule has 4 N–H and O–H groups in total. The first-order valence-corrected chi connectivity index (χ1v) is 9.55. The van der Waals surface area contributed by atoms with Crippen molar-refractivity contribution in [3.05, 3.63) is 64.0 Å². The summed E-state index contributed by atoms with van der Waals surface area (Å²) >= 11 is 5.89. The van der Waals surface area contributed by atoms with Gasteiger partial charge in [-0.05, 0) is 29.8 Å². The molecule has 0 bridgehead atoms. The molecule has 5 atom stereocenters. The van der Waals surface area contributed by atoms with Crippen LogP contribution in [0.15, 0.2) is 57.9 Å². The zero-order valence-corrected chi connectivity index (χ0v) is 16.3. The highest BCUT2D eigenvalue weighted by Gasteiger charge is 2.44. The van der Waals surface area contributed by atoms with Crippen LogP contribution < -0.4 is 10.2 Å². The molecule has 3 aromatic rings. The van der Waals surface area contributed by atoms with Gasteiger partial charge in [0, 0.05) is 11.1 Å². The van der Waals surface area contributed by atoms with E-state index in [1.165, 1.54) is 24.5 Å². The SMILES string of the molecule is O=c1c(-c2ccc(Cl)cc2)coc2cc(O[C@@H]3O[C@H](CO)[C@H](O)[C@@H](O)[C@@H]3O)ccc12. The Morgan fingerprint density at radius 1 is 1.00 bits per heavy atom. The van der Waals surface area contributed by atoms with Crippen molar-refractivity contribution in [3.8, 4) is 16.9 Å². The van der Waals surface area contributed by atoms with Gasteiger partial charge in [0.25, 0.3) is 0 Å². The molecular weight excluding hydrogens is 416 g/mol. The standard InChI is InChI=1S/C21H19ClO8/c22-11-3-1-10(2-4-11)14-9-28-15-7-12(5-6-13(15)17(14)24)29-21-20(27)19(26)18(25)16(8-23)30-21/h1-7,9,16,18-21,23,25-27H,8H2/t16-,18+,19-,20+,21-/m1/s1. The number of fused-ring (bicyclic) bond motifs is 1. The summed E-state index contributed by atoms with van der Waals surface area (Å²) < 4.78 is 16.5. The summed E-state index contributed by atoms with van der Waals surface area (Å²) in [6, 6.07) is 11.3. The Balaban J connectivity index is 1.62. The van der Waals surface area contributed by atoms with Crippen LogP contribution in [-0.2, 0) is 4.74 Å². The average molecular weight is 435 g/mol. The summed E-state index contributed by atoms with van der Waals surface area (Å²) in [6.45, 7) is -0.565. The fourth-order valence-electron chi connectivity index (χ4n) is 3.31. The number of rotatable bonds is 4. The van der Waals surface area contributed by atoms with Crippen LogP contribution in [0.5, 0.6) is 5.75 Å². The zero-order valence-electron chi connectivity index (χ0n) is 15.5. The molecule has 1 aliphatic heterocycles. The van der Waals surface area contributed by atoms with E-state index in [-0.39, 0.29) is 16.8 Å². The molecule has 1 aliphatic rings. The molecule has 8 nitrogen and oxygen atoms in total. The van der Waals surface area contributed by atoms with Crippen LogP contribution in [0, 0.1) is 0 Å². The second-order valence-electron chi connectivity index (χ2n) is 6.96. The van der Waals surface area contributed by atoms with Crippen LogP contribution in [0.4, 0.5) is 0 Å². The van der Waals surface area contributed by atoms with Crippen LogP contribution >= 0.6 is 11.6 Å². The van der Waals surface area contributed by atoms with Crippen LogP contribution in [0.25, 0.3) is 22.1 Å². The van der Waals surface area contributed by atoms with E-state index in [1.807, 2.05) is 0 Å². The molecule has 1 fully saturated rings. The third kappa shape index (κ3) is 3.81. The first-order valence-electron chi connectivity index (χ1n) is 9.17. The van der Waals surface area contributed by atoms with E-state index in [0.717, 1.165) is 0 Å². The predicted molar refractivity (Wildman–Crippen MR) is 107 cm³/mol. The quantitative estimate of drug-likeness (QED) is 0.483.